The second-order valence-corrected chi connectivity index (χ2v) is 7.70. The average molecular weight is 436 g/mol. The van der Waals surface area contributed by atoms with Crippen molar-refractivity contribution in [2.75, 3.05) is 16.8 Å². The van der Waals surface area contributed by atoms with E-state index in [1.165, 1.54) is 5.56 Å². The van der Waals surface area contributed by atoms with Gasteiger partial charge in [-0.1, -0.05) is 29.8 Å². The van der Waals surface area contributed by atoms with Gasteiger partial charge < -0.3 is 9.64 Å². The van der Waals surface area contributed by atoms with E-state index in [1.54, 1.807) is 47.6 Å². The van der Waals surface area contributed by atoms with Crippen molar-refractivity contribution in [3.05, 3.63) is 88.7 Å². The number of para-hydroxylation sites is 1. The van der Waals surface area contributed by atoms with Gasteiger partial charge in [0.15, 0.2) is 0 Å². The number of aromatic nitrogens is 1. The van der Waals surface area contributed by atoms with Gasteiger partial charge in [-0.05, 0) is 66.8 Å². The van der Waals surface area contributed by atoms with Gasteiger partial charge in [-0.3, -0.25) is 15.1 Å². The summed E-state index contributed by atoms with van der Waals surface area (Å²) in [7, 11) is 0. The molecule has 6 nitrogen and oxygen atoms in total. The summed E-state index contributed by atoms with van der Waals surface area (Å²) in [5, 5.41) is 2.91. The van der Waals surface area contributed by atoms with Gasteiger partial charge in [0, 0.05) is 30.3 Å². The highest BCUT2D eigenvalue weighted by atomic mass is 35.5. The SMILES string of the molecule is O=C(Nc1ccc(C(=O)N2CCCCc3ccccc32)c(Cl)c1)OCc1ccncc1. The minimum absolute atomic E-state index is 0.132. The Hall–Kier alpha value is -3.38. The molecule has 4 rings (SSSR count). The maximum absolute atomic E-state index is 13.3. The van der Waals surface area contributed by atoms with Crippen LogP contribution in [0.15, 0.2) is 67.0 Å². The zero-order valence-corrected chi connectivity index (χ0v) is 17.6. The molecular formula is C24H22ClN3O3. The summed E-state index contributed by atoms with van der Waals surface area (Å²) in [5.74, 6) is -0.147. The van der Waals surface area contributed by atoms with Crippen molar-refractivity contribution in [3.8, 4) is 0 Å². The molecule has 158 valence electrons. The van der Waals surface area contributed by atoms with Gasteiger partial charge in [-0.15, -0.1) is 0 Å². The number of carbonyl (C=O) groups is 2. The molecule has 2 amide bonds. The van der Waals surface area contributed by atoms with E-state index in [0.29, 0.717) is 17.8 Å². The largest absolute Gasteiger partial charge is 0.444 e. The van der Waals surface area contributed by atoms with Crippen molar-refractivity contribution >= 4 is 35.0 Å². The zero-order valence-electron chi connectivity index (χ0n) is 16.9. The number of nitrogens with one attached hydrogen (secondary N) is 1. The molecule has 0 bridgehead atoms. The Morgan fingerprint density at radius 1 is 1.06 bits per heavy atom. The fourth-order valence-corrected chi connectivity index (χ4v) is 3.86. The third kappa shape index (κ3) is 5.03. The first-order chi connectivity index (χ1) is 15.1. The highest BCUT2D eigenvalue weighted by Crippen LogP contribution is 2.30. The number of halogens is 1. The fourth-order valence-electron chi connectivity index (χ4n) is 3.60. The highest BCUT2D eigenvalue weighted by Gasteiger charge is 2.24. The van der Waals surface area contributed by atoms with E-state index in [9.17, 15) is 9.59 Å². The number of fused-ring (bicyclic) bond motifs is 1. The van der Waals surface area contributed by atoms with Crippen LogP contribution < -0.4 is 10.2 Å². The first-order valence-electron chi connectivity index (χ1n) is 10.1. The van der Waals surface area contributed by atoms with Crippen molar-refractivity contribution in [1.82, 2.24) is 4.98 Å². The fraction of sp³-hybridized carbons (Fsp3) is 0.208. The Bertz CT molecular complexity index is 1090. The van der Waals surface area contributed by atoms with Gasteiger partial charge in [0.1, 0.15) is 6.61 Å². The van der Waals surface area contributed by atoms with Crippen molar-refractivity contribution in [2.45, 2.75) is 25.9 Å². The lowest BCUT2D eigenvalue weighted by Gasteiger charge is -2.23. The molecule has 2 heterocycles. The van der Waals surface area contributed by atoms with E-state index in [2.05, 4.69) is 16.4 Å². The standard InChI is InChI=1S/C24H22ClN3O3/c25-21-15-19(27-24(30)31-16-17-10-12-26-13-11-17)8-9-20(21)23(29)28-14-4-3-6-18-5-1-2-7-22(18)28/h1-2,5,7-13,15H,3-4,6,14,16H2,(H,27,30). The normalized spacial score (nSPS) is 13.1. The average Bonchev–Trinajstić information content (AvgIpc) is 3.01. The van der Waals surface area contributed by atoms with Crippen LogP contribution in [0.3, 0.4) is 0 Å². The Labute approximate surface area is 185 Å². The summed E-state index contributed by atoms with van der Waals surface area (Å²) in [6.45, 7) is 0.778. The molecular weight excluding hydrogens is 414 g/mol. The Morgan fingerprint density at radius 2 is 1.87 bits per heavy atom. The third-order valence-electron chi connectivity index (χ3n) is 5.17. The van der Waals surface area contributed by atoms with Crippen molar-refractivity contribution in [2.24, 2.45) is 0 Å². The number of hydrogen-bond donors (Lipinski definition) is 1. The number of ether oxygens (including phenoxy) is 1. The molecule has 2 aromatic carbocycles. The van der Waals surface area contributed by atoms with Crippen LogP contribution in [0.2, 0.25) is 5.02 Å². The summed E-state index contributed by atoms with van der Waals surface area (Å²) < 4.78 is 5.20. The van der Waals surface area contributed by atoms with Gasteiger partial charge in [0.2, 0.25) is 0 Å². The van der Waals surface area contributed by atoms with Crippen LogP contribution in [0, 0.1) is 0 Å². The summed E-state index contributed by atoms with van der Waals surface area (Å²) >= 11 is 6.42. The number of anilines is 2. The number of amides is 2. The number of benzene rings is 2. The predicted octanol–water partition coefficient (Wildman–Crippen LogP) is 5.47. The highest BCUT2D eigenvalue weighted by molar-refractivity contribution is 6.35. The van der Waals surface area contributed by atoms with Crippen LogP contribution in [0.4, 0.5) is 16.2 Å². The molecule has 0 spiro atoms. The molecule has 1 aromatic heterocycles. The van der Waals surface area contributed by atoms with Crippen LogP contribution in [0.25, 0.3) is 0 Å². The molecule has 31 heavy (non-hydrogen) atoms. The molecule has 0 unspecified atom stereocenters. The lowest BCUT2D eigenvalue weighted by Crippen LogP contribution is -2.32. The molecule has 0 fully saturated rings. The number of pyridine rings is 1. The smallest absolute Gasteiger partial charge is 0.411 e. The van der Waals surface area contributed by atoms with Gasteiger partial charge in [-0.25, -0.2) is 4.79 Å². The van der Waals surface area contributed by atoms with Gasteiger partial charge in [0.05, 0.1) is 10.6 Å². The van der Waals surface area contributed by atoms with Crippen molar-refractivity contribution < 1.29 is 14.3 Å². The lowest BCUT2D eigenvalue weighted by molar-refractivity contribution is 0.0987. The monoisotopic (exact) mass is 435 g/mol. The number of hydrogen-bond acceptors (Lipinski definition) is 4. The lowest BCUT2D eigenvalue weighted by atomic mass is 10.1. The molecule has 0 radical (unpaired) electrons. The number of rotatable bonds is 4. The predicted molar refractivity (Wildman–Crippen MR) is 121 cm³/mol. The van der Waals surface area contributed by atoms with Crippen molar-refractivity contribution in [1.29, 1.82) is 0 Å². The van der Waals surface area contributed by atoms with Gasteiger partial charge in [-0.2, -0.15) is 0 Å². The van der Waals surface area contributed by atoms with Gasteiger partial charge in [0.25, 0.3) is 5.91 Å². The quantitative estimate of drug-likeness (QED) is 0.590. The molecule has 1 N–H and O–H groups in total. The Morgan fingerprint density at radius 3 is 2.68 bits per heavy atom. The third-order valence-corrected chi connectivity index (χ3v) is 5.48. The summed E-state index contributed by atoms with van der Waals surface area (Å²) in [5.41, 5.74) is 3.79. The van der Waals surface area contributed by atoms with E-state index in [-0.39, 0.29) is 17.5 Å². The van der Waals surface area contributed by atoms with Crippen LogP contribution in [-0.2, 0) is 17.8 Å². The van der Waals surface area contributed by atoms with Crippen LogP contribution in [0.1, 0.15) is 34.3 Å². The first kappa shape index (κ1) is 20.9. The number of carbonyl (C=O) groups excluding carboxylic acids is 2. The molecule has 3 aromatic rings. The van der Waals surface area contributed by atoms with E-state index in [0.717, 1.165) is 30.5 Å². The minimum atomic E-state index is -0.603. The topological polar surface area (TPSA) is 71.5 Å². The summed E-state index contributed by atoms with van der Waals surface area (Å²) in [4.78, 5) is 31.0. The van der Waals surface area contributed by atoms with E-state index in [1.807, 2.05) is 18.2 Å². The molecule has 0 saturated heterocycles. The molecule has 0 saturated carbocycles. The zero-order chi connectivity index (χ0) is 21.6. The molecule has 0 aliphatic carbocycles. The van der Waals surface area contributed by atoms with Gasteiger partial charge >= 0.3 is 6.09 Å². The molecule has 7 heteroatoms. The second-order valence-electron chi connectivity index (χ2n) is 7.29. The van der Waals surface area contributed by atoms with E-state index in [4.69, 9.17) is 16.3 Å². The van der Waals surface area contributed by atoms with E-state index >= 15 is 0 Å². The van der Waals surface area contributed by atoms with Crippen LogP contribution >= 0.6 is 11.6 Å². The molecule has 1 aliphatic heterocycles. The Kier molecular flexibility index (Phi) is 6.48. The van der Waals surface area contributed by atoms with E-state index < -0.39 is 6.09 Å². The molecule has 0 atom stereocenters. The second kappa shape index (κ2) is 9.62. The summed E-state index contributed by atoms with van der Waals surface area (Å²) in [6.07, 6.45) is 5.59. The summed E-state index contributed by atoms with van der Waals surface area (Å²) in [6, 6.07) is 16.4. The first-order valence-corrected chi connectivity index (χ1v) is 10.5. The van der Waals surface area contributed by atoms with Crippen LogP contribution in [0.5, 0.6) is 0 Å². The van der Waals surface area contributed by atoms with Crippen LogP contribution in [-0.4, -0.2) is 23.5 Å². The maximum Gasteiger partial charge on any atom is 0.411 e. The Balaban J connectivity index is 1.45. The van der Waals surface area contributed by atoms with Crippen molar-refractivity contribution in [3.63, 3.8) is 0 Å². The maximum atomic E-state index is 13.3. The number of nitrogens with zero attached hydrogens (tertiary/aromatic N) is 2. The minimum Gasteiger partial charge on any atom is -0.444 e. The number of aryl methyl sites for hydroxylation is 1. The molecule has 1 aliphatic rings.